The van der Waals surface area contributed by atoms with Crippen molar-refractivity contribution in [3.63, 3.8) is 0 Å². The van der Waals surface area contributed by atoms with E-state index in [0.717, 1.165) is 38.2 Å². The molecule has 0 amide bonds. The summed E-state index contributed by atoms with van der Waals surface area (Å²) in [6.45, 7) is 0. The lowest BCUT2D eigenvalue weighted by molar-refractivity contribution is 0.568. The van der Waals surface area contributed by atoms with Gasteiger partial charge >= 0.3 is 5.63 Å². The number of nitrogens with zero attached hydrogens (tertiary/aromatic N) is 1. The Bertz CT molecular complexity index is 1700. The lowest BCUT2D eigenvalue weighted by atomic mass is 9.93. The van der Waals surface area contributed by atoms with Gasteiger partial charge in [-0.25, -0.2) is 9.78 Å². The lowest BCUT2D eigenvalue weighted by Gasteiger charge is -2.14. The third kappa shape index (κ3) is 2.98. The summed E-state index contributed by atoms with van der Waals surface area (Å²) in [6.07, 6.45) is 0. The minimum Gasteiger partial charge on any atom is -0.421 e. The average molecular weight is 434 g/mol. The summed E-state index contributed by atoms with van der Waals surface area (Å²) >= 11 is 6.09. The zero-order valence-corrected chi connectivity index (χ0v) is 17.6. The molecule has 0 aliphatic rings. The van der Waals surface area contributed by atoms with E-state index in [2.05, 4.69) is 30.3 Å². The first-order valence-corrected chi connectivity index (χ1v) is 10.7. The first-order chi connectivity index (χ1) is 15.7. The summed E-state index contributed by atoms with van der Waals surface area (Å²) in [4.78, 5) is 17.8. The molecule has 32 heavy (non-hydrogen) atoms. The minimum atomic E-state index is -0.448. The quantitative estimate of drug-likeness (QED) is 0.210. The fraction of sp³-hybridized carbons (Fsp3) is 0. The topological polar surface area (TPSA) is 43.1 Å². The molecule has 4 aromatic carbocycles. The molecule has 0 spiro atoms. The van der Waals surface area contributed by atoms with Crippen molar-refractivity contribution in [2.24, 2.45) is 0 Å². The molecule has 152 valence electrons. The Hall–Kier alpha value is -3.95. The number of fused-ring (bicyclic) bond motifs is 4. The molecule has 0 fully saturated rings. The van der Waals surface area contributed by atoms with Crippen LogP contribution in [0.25, 0.3) is 55.0 Å². The molecule has 6 rings (SSSR count). The van der Waals surface area contributed by atoms with Gasteiger partial charge in [0.15, 0.2) is 5.52 Å². The summed E-state index contributed by atoms with van der Waals surface area (Å²) < 4.78 is 5.62. The molecular formula is C28H16ClNO2. The Morgan fingerprint density at radius 3 is 2.28 bits per heavy atom. The van der Waals surface area contributed by atoms with Crippen LogP contribution in [0.2, 0.25) is 5.02 Å². The predicted octanol–water partition coefficient (Wildman–Crippen LogP) is 7.48. The fourth-order valence-electron chi connectivity index (χ4n) is 4.32. The van der Waals surface area contributed by atoms with Crippen molar-refractivity contribution in [1.29, 1.82) is 0 Å². The number of hydrogen-bond acceptors (Lipinski definition) is 3. The molecule has 0 saturated heterocycles. The standard InChI is InChI=1S/C28H16ClNO2/c29-19-14-12-18(13-15-19)24-16-23(21-10-5-7-17-6-1-2-8-20(17)21)26-22-9-3-4-11-25(22)32-28(31)27(26)30-24/h1-16H. The van der Waals surface area contributed by atoms with Crippen molar-refractivity contribution >= 4 is 44.2 Å². The fourth-order valence-corrected chi connectivity index (χ4v) is 4.44. The van der Waals surface area contributed by atoms with Gasteiger partial charge in [-0.05, 0) is 46.2 Å². The van der Waals surface area contributed by atoms with E-state index >= 15 is 0 Å². The Morgan fingerprint density at radius 1 is 0.719 bits per heavy atom. The second-order valence-electron chi connectivity index (χ2n) is 7.70. The van der Waals surface area contributed by atoms with E-state index in [0.29, 0.717) is 21.8 Å². The van der Waals surface area contributed by atoms with Gasteiger partial charge in [0.25, 0.3) is 0 Å². The smallest absolute Gasteiger partial charge is 0.363 e. The summed E-state index contributed by atoms with van der Waals surface area (Å²) in [5, 5.41) is 4.55. The van der Waals surface area contributed by atoms with E-state index in [1.807, 2.05) is 66.7 Å². The van der Waals surface area contributed by atoms with Crippen LogP contribution in [0.1, 0.15) is 0 Å². The van der Waals surface area contributed by atoms with Gasteiger partial charge in [-0.3, -0.25) is 0 Å². The number of hydrogen-bond donors (Lipinski definition) is 0. The first kappa shape index (κ1) is 18.8. The van der Waals surface area contributed by atoms with Crippen molar-refractivity contribution in [3.8, 4) is 22.4 Å². The number of pyridine rings is 1. The molecule has 0 aliphatic heterocycles. The van der Waals surface area contributed by atoms with Crippen molar-refractivity contribution in [1.82, 2.24) is 4.98 Å². The highest BCUT2D eigenvalue weighted by Gasteiger charge is 2.17. The molecular weight excluding hydrogens is 418 g/mol. The Kier molecular flexibility index (Phi) is 4.30. The van der Waals surface area contributed by atoms with Crippen LogP contribution in [0, 0.1) is 0 Å². The van der Waals surface area contributed by atoms with E-state index in [4.69, 9.17) is 21.0 Å². The maximum absolute atomic E-state index is 13.0. The van der Waals surface area contributed by atoms with E-state index in [-0.39, 0.29) is 0 Å². The number of benzene rings is 4. The van der Waals surface area contributed by atoms with Gasteiger partial charge in [-0.15, -0.1) is 0 Å². The van der Waals surface area contributed by atoms with E-state index in [1.54, 1.807) is 0 Å². The largest absolute Gasteiger partial charge is 0.421 e. The first-order valence-electron chi connectivity index (χ1n) is 10.3. The van der Waals surface area contributed by atoms with Gasteiger partial charge in [0.2, 0.25) is 0 Å². The van der Waals surface area contributed by atoms with Crippen LogP contribution in [0.3, 0.4) is 0 Å². The van der Waals surface area contributed by atoms with Crippen molar-refractivity contribution < 1.29 is 4.42 Å². The van der Waals surface area contributed by atoms with Crippen molar-refractivity contribution in [2.45, 2.75) is 0 Å². The van der Waals surface area contributed by atoms with Gasteiger partial charge in [0.05, 0.1) is 5.69 Å². The second kappa shape index (κ2) is 7.33. The van der Waals surface area contributed by atoms with Crippen LogP contribution in [0.4, 0.5) is 0 Å². The molecule has 0 N–H and O–H groups in total. The third-order valence-electron chi connectivity index (χ3n) is 5.79. The predicted molar refractivity (Wildman–Crippen MR) is 131 cm³/mol. The van der Waals surface area contributed by atoms with E-state index < -0.39 is 5.63 Å². The maximum Gasteiger partial charge on any atom is 0.363 e. The summed E-state index contributed by atoms with van der Waals surface area (Å²) in [7, 11) is 0. The highest BCUT2D eigenvalue weighted by atomic mass is 35.5. The molecule has 6 aromatic rings. The van der Waals surface area contributed by atoms with Gasteiger partial charge in [-0.1, -0.05) is 84.4 Å². The SMILES string of the molecule is O=c1oc2ccccc2c2c(-c3cccc4ccccc34)cc(-c3ccc(Cl)cc3)nc12. The van der Waals surface area contributed by atoms with Crippen LogP contribution in [0.15, 0.2) is 106 Å². The molecule has 0 radical (unpaired) electrons. The van der Waals surface area contributed by atoms with Gasteiger partial charge in [0, 0.05) is 21.4 Å². The van der Waals surface area contributed by atoms with Crippen LogP contribution in [-0.4, -0.2) is 4.98 Å². The highest BCUT2D eigenvalue weighted by Crippen LogP contribution is 2.38. The van der Waals surface area contributed by atoms with E-state index in [1.165, 1.54) is 0 Å². The molecule has 0 saturated carbocycles. The Morgan fingerprint density at radius 2 is 1.44 bits per heavy atom. The lowest BCUT2D eigenvalue weighted by Crippen LogP contribution is -2.04. The number of halogens is 1. The van der Waals surface area contributed by atoms with E-state index in [9.17, 15) is 4.79 Å². The molecule has 2 aromatic heterocycles. The molecule has 3 nitrogen and oxygen atoms in total. The van der Waals surface area contributed by atoms with Gasteiger partial charge in [0.1, 0.15) is 5.58 Å². The summed E-state index contributed by atoms with van der Waals surface area (Å²) in [5.74, 6) is 0. The number of rotatable bonds is 2. The van der Waals surface area contributed by atoms with Crippen molar-refractivity contribution in [2.75, 3.05) is 0 Å². The van der Waals surface area contributed by atoms with Crippen LogP contribution in [0.5, 0.6) is 0 Å². The highest BCUT2D eigenvalue weighted by molar-refractivity contribution is 6.30. The Labute approximate surface area is 188 Å². The molecule has 2 heterocycles. The number of para-hydroxylation sites is 1. The third-order valence-corrected chi connectivity index (χ3v) is 6.04. The summed E-state index contributed by atoms with van der Waals surface area (Å²) in [6, 6.07) is 31.6. The average Bonchev–Trinajstić information content (AvgIpc) is 2.84. The Balaban J connectivity index is 1.81. The molecule has 0 unspecified atom stereocenters. The monoisotopic (exact) mass is 433 g/mol. The van der Waals surface area contributed by atoms with Gasteiger partial charge < -0.3 is 4.42 Å². The van der Waals surface area contributed by atoms with Gasteiger partial charge in [-0.2, -0.15) is 0 Å². The normalized spacial score (nSPS) is 11.4. The molecule has 0 bridgehead atoms. The van der Waals surface area contributed by atoms with Crippen LogP contribution < -0.4 is 5.63 Å². The number of aromatic nitrogens is 1. The van der Waals surface area contributed by atoms with Crippen LogP contribution >= 0.6 is 11.6 Å². The van der Waals surface area contributed by atoms with Crippen LogP contribution in [-0.2, 0) is 0 Å². The summed E-state index contributed by atoms with van der Waals surface area (Å²) in [5.41, 5.74) is 3.98. The zero-order chi connectivity index (χ0) is 21.7. The zero-order valence-electron chi connectivity index (χ0n) is 16.9. The van der Waals surface area contributed by atoms with Crippen molar-refractivity contribution in [3.05, 3.63) is 113 Å². The second-order valence-corrected chi connectivity index (χ2v) is 8.13. The molecule has 0 atom stereocenters. The maximum atomic E-state index is 13.0. The minimum absolute atomic E-state index is 0.319. The molecule has 0 aliphatic carbocycles. The molecule has 4 heteroatoms.